The summed E-state index contributed by atoms with van der Waals surface area (Å²) in [4.78, 5) is 3.36. The van der Waals surface area contributed by atoms with Crippen LogP contribution < -0.4 is 4.74 Å². The molecule has 0 saturated carbocycles. The number of sulfone groups is 1. The summed E-state index contributed by atoms with van der Waals surface area (Å²) in [6.45, 7) is 0.632. The highest BCUT2D eigenvalue weighted by atomic mass is 35.5. The monoisotopic (exact) mass is 705 g/mol. The number of imidazole rings is 1. The van der Waals surface area contributed by atoms with E-state index in [1.807, 2.05) is 0 Å². The van der Waals surface area contributed by atoms with Crippen LogP contribution in [-0.2, 0) is 22.6 Å². The van der Waals surface area contributed by atoms with E-state index in [9.17, 15) is 39.9 Å². The molecule has 2 aromatic heterocycles. The van der Waals surface area contributed by atoms with Crippen LogP contribution in [0.25, 0.3) is 33.8 Å². The van der Waals surface area contributed by atoms with Gasteiger partial charge in [-0.25, -0.2) is 18.1 Å². The van der Waals surface area contributed by atoms with Gasteiger partial charge < -0.3 is 9.84 Å². The van der Waals surface area contributed by atoms with Crippen LogP contribution in [0.3, 0.4) is 0 Å². The van der Waals surface area contributed by atoms with Crippen LogP contribution in [0.2, 0.25) is 10.2 Å². The fourth-order valence-electron chi connectivity index (χ4n) is 4.73. The predicted molar refractivity (Wildman–Crippen MR) is 155 cm³/mol. The zero-order chi connectivity index (χ0) is 33.8. The number of aliphatic hydroxyl groups is 1. The molecule has 2 heterocycles. The Kier molecular flexibility index (Phi) is 8.61. The summed E-state index contributed by atoms with van der Waals surface area (Å²) in [6.07, 6.45) is -7.61. The van der Waals surface area contributed by atoms with Crippen LogP contribution in [0, 0.1) is 6.92 Å². The molecule has 0 aliphatic rings. The van der Waals surface area contributed by atoms with Crippen molar-refractivity contribution in [3.8, 4) is 39.5 Å². The lowest BCUT2D eigenvalue weighted by Gasteiger charge is -2.18. The van der Waals surface area contributed by atoms with Gasteiger partial charge in [0.2, 0.25) is 0 Å². The first kappa shape index (κ1) is 33.2. The molecule has 0 unspecified atom stereocenters. The second-order valence-corrected chi connectivity index (χ2v) is 12.6. The fraction of sp³-hybridized carbons (Fsp3) is 0.179. The maximum atomic E-state index is 13.7. The quantitative estimate of drug-likeness (QED) is 0.178. The lowest BCUT2D eigenvalue weighted by atomic mass is 10.0. The van der Waals surface area contributed by atoms with Crippen LogP contribution in [0.5, 0.6) is 5.75 Å². The molecule has 18 heteroatoms. The highest BCUT2D eigenvalue weighted by Crippen LogP contribution is 2.39. The smallest absolute Gasteiger partial charge is 0.406 e. The largest absolute Gasteiger partial charge is 0.573 e. The van der Waals surface area contributed by atoms with Crippen molar-refractivity contribution in [2.45, 2.75) is 31.0 Å². The van der Waals surface area contributed by atoms with Crippen molar-refractivity contribution in [3.05, 3.63) is 88.1 Å². The number of alkyl halides is 6. The van der Waals surface area contributed by atoms with Crippen molar-refractivity contribution in [2.24, 2.45) is 0 Å². The minimum absolute atomic E-state index is 0.0261. The van der Waals surface area contributed by atoms with Gasteiger partial charge in [0.05, 0.1) is 34.8 Å². The molecule has 5 rings (SSSR count). The van der Waals surface area contributed by atoms with Gasteiger partial charge in [-0.2, -0.15) is 13.2 Å². The van der Waals surface area contributed by atoms with E-state index in [1.54, 1.807) is 0 Å². The number of benzene rings is 3. The molecule has 0 saturated heterocycles. The Bertz CT molecular complexity index is 2060. The maximum absolute atomic E-state index is 13.7. The zero-order valence-corrected chi connectivity index (χ0v) is 25.6. The van der Waals surface area contributed by atoms with E-state index in [-0.39, 0.29) is 43.9 Å². The van der Waals surface area contributed by atoms with Gasteiger partial charge in [0.15, 0.2) is 15.5 Å². The van der Waals surface area contributed by atoms with E-state index in [0.717, 1.165) is 23.0 Å². The molecule has 0 aliphatic carbocycles. The highest BCUT2D eigenvalue weighted by molar-refractivity contribution is 7.90. The van der Waals surface area contributed by atoms with E-state index in [4.69, 9.17) is 23.2 Å². The van der Waals surface area contributed by atoms with Gasteiger partial charge in [-0.1, -0.05) is 34.5 Å². The third-order valence-corrected chi connectivity index (χ3v) is 8.53. The molecular formula is C28H19Cl2F6N5O4S. The topological polar surface area (TPSA) is 112 Å². The lowest BCUT2D eigenvalue weighted by molar-refractivity contribution is -0.274. The van der Waals surface area contributed by atoms with E-state index < -0.39 is 45.6 Å². The van der Waals surface area contributed by atoms with Crippen LogP contribution in [-0.4, -0.2) is 50.7 Å². The molecular weight excluding hydrogens is 687 g/mol. The SMILES string of the molecule is Cc1nc(C(F)(F)F)c(Cl)n1-c1ccc(-c2cc(Cl)c(CO)c(S(C)(=O)=O)c2)cc1-n1nncc1-c1ccc(OC(F)(F)F)cc1. The number of aromatic nitrogens is 5. The van der Waals surface area contributed by atoms with Crippen LogP contribution in [0.15, 0.2) is 65.7 Å². The third kappa shape index (κ3) is 6.56. The molecule has 0 bridgehead atoms. The normalized spacial score (nSPS) is 12.5. The molecule has 9 nitrogen and oxygen atoms in total. The molecule has 5 aromatic rings. The average Bonchev–Trinajstić information content (AvgIpc) is 3.55. The highest BCUT2D eigenvalue weighted by Gasteiger charge is 2.39. The summed E-state index contributed by atoms with van der Waals surface area (Å²) in [5, 5.41) is 16.9. The van der Waals surface area contributed by atoms with Crippen molar-refractivity contribution >= 4 is 33.0 Å². The molecule has 0 atom stereocenters. The number of halogens is 8. The molecule has 3 aromatic carbocycles. The maximum Gasteiger partial charge on any atom is 0.573 e. The Labute approximate surface area is 266 Å². The van der Waals surface area contributed by atoms with Gasteiger partial charge >= 0.3 is 12.5 Å². The van der Waals surface area contributed by atoms with Crippen molar-refractivity contribution in [1.29, 1.82) is 0 Å². The number of rotatable bonds is 7. The molecule has 46 heavy (non-hydrogen) atoms. The van der Waals surface area contributed by atoms with Crippen LogP contribution in [0.1, 0.15) is 17.1 Å². The molecule has 242 valence electrons. The van der Waals surface area contributed by atoms with Crippen LogP contribution in [0.4, 0.5) is 26.3 Å². The average molecular weight is 706 g/mol. The van der Waals surface area contributed by atoms with Crippen molar-refractivity contribution < 1.29 is 44.6 Å². The number of aryl methyl sites for hydroxylation is 1. The Hall–Kier alpha value is -4.12. The summed E-state index contributed by atoms with van der Waals surface area (Å²) in [7, 11) is -3.87. The summed E-state index contributed by atoms with van der Waals surface area (Å²) < 4.78 is 110. The summed E-state index contributed by atoms with van der Waals surface area (Å²) in [6, 6.07) is 11.7. The Balaban J connectivity index is 1.75. The Morgan fingerprint density at radius 1 is 0.913 bits per heavy atom. The van der Waals surface area contributed by atoms with E-state index in [0.29, 0.717) is 11.1 Å². The van der Waals surface area contributed by atoms with Crippen molar-refractivity contribution in [1.82, 2.24) is 24.5 Å². The van der Waals surface area contributed by atoms with Gasteiger partial charge in [-0.3, -0.25) is 4.57 Å². The van der Waals surface area contributed by atoms with Gasteiger partial charge in [0.25, 0.3) is 0 Å². The summed E-state index contributed by atoms with van der Waals surface area (Å²) in [5.41, 5.74) is -0.181. The summed E-state index contributed by atoms with van der Waals surface area (Å²) in [5.74, 6) is -0.639. The van der Waals surface area contributed by atoms with E-state index >= 15 is 0 Å². The fourth-order valence-corrected chi connectivity index (χ4v) is 6.39. The van der Waals surface area contributed by atoms with E-state index in [1.165, 1.54) is 60.3 Å². The summed E-state index contributed by atoms with van der Waals surface area (Å²) >= 11 is 12.5. The van der Waals surface area contributed by atoms with Crippen molar-refractivity contribution in [2.75, 3.05) is 6.26 Å². The number of aliphatic hydroxyl groups excluding tert-OH is 1. The van der Waals surface area contributed by atoms with Gasteiger partial charge in [-0.05, 0) is 66.6 Å². The first-order valence-electron chi connectivity index (χ1n) is 12.8. The number of nitrogens with zero attached hydrogens (tertiary/aromatic N) is 5. The second kappa shape index (κ2) is 11.9. The molecule has 0 aliphatic heterocycles. The predicted octanol–water partition coefficient (Wildman–Crippen LogP) is 7.22. The third-order valence-electron chi connectivity index (χ3n) is 6.68. The van der Waals surface area contributed by atoms with Gasteiger partial charge in [0.1, 0.15) is 16.7 Å². The van der Waals surface area contributed by atoms with Crippen LogP contribution >= 0.6 is 23.2 Å². The minimum Gasteiger partial charge on any atom is -0.406 e. The van der Waals surface area contributed by atoms with E-state index in [2.05, 4.69) is 20.0 Å². The van der Waals surface area contributed by atoms with Crippen molar-refractivity contribution in [3.63, 3.8) is 0 Å². The molecule has 0 spiro atoms. The minimum atomic E-state index is -4.92. The number of ether oxygens (including phenoxy) is 1. The molecule has 1 N–H and O–H groups in total. The molecule has 0 radical (unpaired) electrons. The lowest BCUT2D eigenvalue weighted by Crippen LogP contribution is -2.16. The first-order valence-corrected chi connectivity index (χ1v) is 15.4. The van der Waals surface area contributed by atoms with Gasteiger partial charge in [0, 0.05) is 22.4 Å². The first-order chi connectivity index (χ1) is 21.4. The molecule has 0 fully saturated rings. The second-order valence-electron chi connectivity index (χ2n) is 9.80. The van der Waals surface area contributed by atoms with Gasteiger partial charge in [-0.15, -0.1) is 18.3 Å². The number of hydrogen-bond acceptors (Lipinski definition) is 7. The number of hydrogen-bond donors (Lipinski definition) is 1. The Morgan fingerprint density at radius 3 is 2.13 bits per heavy atom. The standard InChI is InChI=1S/C28H19Cl2F6N5O4S/c1-14-38-25(27(31,32)33)26(30)40(14)21-8-5-16(17-9-20(29)19(13-42)24(11-17)46(2,43)44)10-22(21)41-23(12-37-39-41)15-3-6-18(7-4-15)45-28(34,35)36/h3-12,42H,13H2,1-2H3. The Morgan fingerprint density at radius 2 is 1.57 bits per heavy atom. The zero-order valence-electron chi connectivity index (χ0n) is 23.3. The molecule has 0 amide bonds.